The summed E-state index contributed by atoms with van der Waals surface area (Å²) in [5.74, 6) is -1.69. The second kappa shape index (κ2) is 9.70. The molecule has 1 aliphatic rings. The summed E-state index contributed by atoms with van der Waals surface area (Å²) in [5.41, 5.74) is -0.146. The number of carbonyl (C=O) groups is 3. The van der Waals surface area contributed by atoms with Crippen LogP contribution in [0.15, 0.2) is 91.3 Å². The predicted octanol–water partition coefficient (Wildman–Crippen LogP) is 4.74. The summed E-state index contributed by atoms with van der Waals surface area (Å²) in [6.07, 6.45) is 9.13. The zero-order valence-electron chi connectivity index (χ0n) is 19.0. The lowest BCUT2D eigenvalue weighted by Crippen LogP contribution is -2.47. The maximum absolute atomic E-state index is 14.1. The fraction of sp³-hybridized carbons (Fsp3) is 0.185. The number of amides is 2. The number of para-hydroxylation sites is 1. The molecule has 3 aromatic rings. The van der Waals surface area contributed by atoms with E-state index in [2.05, 4.69) is 4.98 Å². The number of aromatic nitrogens is 2. The van der Waals surface area contributed by atoms with E-state index < -0.39 is 23.2 Å². The number of rotatable bonds is 6. The largest absolute Gasteiger partial charge is 0.461 e. The second-order valence-electron chi connectivity index (χ2n) is 8.06. The lowest BCUT2D eigenvalue weighted by Gasteiger charge is -2.32. The van der Waals surface area contributed by atoms with Crippen LogP contribution in [0.2, 0.25) is 0 Å². The summed E-state index contributed by atoms with van der Waals surface area (Å²) in [4.78, 5) is 46.1. The number of imidazole rings is 1. The van der Waals surface area contributed by atoms with Crippen LogP contribution in [0.3, 0.4) is 0 Å². The average Bonchev–Trinajstić information content (AvgIpc) is 3.30. The molecule has 1 unspecified atom stereocenters. The third-order valence-electron chi connectivity index (χ3n) is 5.63. The summed E-state index contributed by atoms with van der Waals surface area (Å²) < 4.78 is 6.78. The fourth-order valence-electron chi connectivity index (χ4n) is 3.81. The number of esters is 1. The van der Waals surface area contributed by atoms with Crippen molar-refractivity contribution in [1.82, 2.24) is 9.55 Å². The molecule has 34 heavy (non-hydrogen) atoms. The smallest absolute Gasteiger partial charge is 0.360 e. The maximum Gasteiger partial charge on any atom is 0.360 e. The van der Waals surface area contributed by atoms with Crippen LogP contribution in [0.4, 0.5) is 5.82 Å². The Morgan fingerprint density at radius 2 is 1.71 bits per heavy atom. The Morgan fingerprint density at radius 3 is 2.32 bits per heavy atom. The predicted molar refractivity (Wildman–Crippen MR) is 129 cm³/mol. The Kier molecular flexibility index (Phi) is 6.54. The van der Waals surface area contributed by atoms with Crippen molar-refractivity contribution in [3.05, 3.63) is 103 Å². The highest BCUT2D eigenvalue weighted by molar-refractivity contribution is 6.24. The molecule has 7 nitrogen and oxygen atoms in total. The number of hydrogen-bond acceptors (Lipinski definition) is 5. The summed E-state index contributed by atoms with van der Waals surface area (Å²) in [6, 6.07) is 17.6. The van der Waals surface area contributed by atoms with Crippen molar-refractivity contribution < 1.29 is 19.1 Å². The maximum atomic E-state index is 14.1. The van der Waals surface area contributed by atoms with Crippen molar-refractivity contribution >= 4 is 23.6 Å². The van der Waals surface area contributed by atoms with E-state index in [4.69, 9.17) is 4.74 Å². The molecule has 0 N–H and O–H groups in total. The summed E-state index contributed by atoms with van der Waals surface area (Å²) >= 11 is 0. The van der Waals surface area contributed by atoms with Crippen LogP contribution < -0.4 is 4.90 Å². The molecule has 1 atom stereocenters. The Morgan fingerprint density at radius 1 is 1.03 bits per heavy atom. The number of hydrogen-bond donors (Lipinski definition) is 0. The van der Waals surface area contributed by atoms with Gasteiger partial charge in [-0.1, -0.05) is 60.7 Å². The van der Waals surface area contributed by atoms with E-state index in [-0.39, 0.29) is 18.1 Å². The molecule has 2 amide bonds. The van der Waals surface area contributed by atoms with Crippen LogP contribution in [0, 0.1) is 5.41 Å². The molecule has 2 aromatic carbocycles. The molecular weight excluding hydrogens is 430 g/mol. The van der Waals surface area contributed by atoms with E-state index in [1.807, 2.05) is 30.4 Å². The number of anilines is 1. The van der Waals surface area contributed by atoms with Crippen molar-refractivity contribution in [3.8, 4) is 5.69 Å². The minimum atomic E-state index is -0.989. The summed E-state index contributed by atoms with van der Waals surface area (Å²) in [7, 11) is 0. The van der Waals surface area contributed by atoms with E-state index in [1.54, 1.807) is 73.0 Å². The lowest BCUT2D eigenvalue weighted by molar-refractivity contribution is -0.124. The van der Waals surface area contributed by atoms with Gasteiger partial charge < -0.3 is 4.74 Å². The highest BCUT2D eigenvalue weighted by Crippen LogP contribution is 2.35. The highest BCUT2D eigenvalue weighted by Gasteiger charge is 2.42. The first-order chi connectivity index (χ1) is 16.5. The Labute approximate surface area is 198 Å². The van der Waals surface area contributed by atoms with Gasteiger partial charge >= 0.3 is 5.97 Å². The average molecular weight is 456 g/mol. The van der Waals surface area contributed by atoms with Crippen molar-refractivity contribution in [2.24, 2.45) is 5.41 Å². The van der Waals surface area contributed by atoms with E-state index in [9.17, 15) is 14.4 Å². The monoisotopic (exact) mass is 455 g/mol. The Balaban J connectivity index is 1.95. The molecule has 0 spiro atoms. The van der Waals surface area contributed by atoms with Crippen molar-refractivity contribution in [1.29, 1.82) is 0 Å². The van der Waals surface area contributed by atoms with E-state index in [0.29, 0.717) is 17.7 Å². The molecule has 1 aliphatic carbocycles. The minimum Gasteiger partial charge on any atom is -0.461 e. The first-order valence-corrected chi connectivity index (χ1v) is 11.0. The van der Waals surface area contributed by atoms with E-state index >= 15 is 0 Å². The van der Waals surface area contributed by atoms with Crippen molar-refractivity contribution in [3.63, 3.8) is 0 Å². The van der Waals surface area contributed by atoms with Gasteiger partial charge in [-0.05, 0) is 44.5 Å². The Hall–Kier alpha value is -4.26. The number of benzene rings is 2. The molecule has 0 fully saturated rings. The van der Waals surface area contributed by atoms with Gasteiger partial charge in [0.05, 0.1) is 12.0 Å². The highest BCUT2D eigenvalue weighted by atomic mass is 16.5. The standard InChI is InChI=1S/C27H25N3O4/c1-3-34-25(32)22-23(29(19-28-22)21-15-9-5-10-16-21)30(24(31)20-13-7-4-8-14-20)26(33)27(2)17-11-6-12-18-27/h4-17,19H,3,18H2,1-2H3. The van der Waals surface area contributed by atoms with E-state index in [0.717, 1.165) is 4.90 Å². The quantitative estimate of drug-likeness (QED) is 0.396. The van der Waals surface area contributed by atoms with Crippen molar-refractivity contribution in [2.75, 3.05) is 11.5 Å². The number of carbonyl (C=O) groups excluding carboxylic acids is 3. The molecule has 0 aliphatic heterocycles. The van der Waals surface area contributed by atoms with Gasteiger partial charge in [0.1, 0.15) is 6.33 Å². The molecule has 1 aromatic heterocycles. The van der Waals surface area contributed by atoms with Crippen LogP contribution in [0.1, 0.15) is 41.1 Å². The first-order valence-electron chi connectivity index (χ1n) is 11.0. The third kappa shape index (κ3) is 4.32. The lowest BCUT2D eigenvalue weighted by atomic mass is 9.82. The van der Waals surface area contributed by atoms with Crippen LogP contribution in [0.25, 0.3) is 5.69 Å². The summed E-state index contributed by atoms with van der Waals surface area (Å²) in [6.45, 7) is 3.58. The minimum absolute atomic E-state index is 0.0488. The third-order valence-corrected chi connectivity index (χ3v) is 5.63. The van der Waals surface area contributed by atoms with Crippen LogP contribution >= 0.6 is 0 Å². The zero-order valence-corrected chi connectivity index (χ0v) is 19.0. The second-order valence-corrected chi connectivity index (χ2v) is 8.06. The molecule has 7 heteroatoms. The van der Waals surface area contributed by atoms with Gasteiger partial charge in [0, 0.05) is 11.3 Å². The SMILES string of the molecule is CCOC(=O)c1ncn(-c2ccccc2)c1N(C(=O)c1ccccc1)C(=O)C1(C)C=CC=CC1. The molecule has 0 saturated carbocycles. The molecular formula is C27H25N3O4. The Bertz CT molecular complexity index is 1260. The zero-order chi connectivity index (χ0) is 24.1. The van der Waals surface area contributed by atoms with Crippen LogP contribution in [0.5, 0.6) is 0 Å². The van der Waals surface area contributed by atoms with Crippen molar-refractivity contribution in [2.45, 2.75) is 20.3 Å². The van der Waals surface area contributed by atoms with Gasteiger partial charge in [-0.2, -0.15) is 0 Å². The van der Waals surface area contributed by atoms with Gasteiger partial charge in [0.25, 0.3) is 5.91 Å². The van der Waals surface area contributed by atoms with Gasteiger partial charge in [-0.25, -0.2) is 14.7 Å². The van der Waals surface area contributed by atoms with E-state index in [1.165, 1.54) is 6.33 Å². The summed E-state index contributed by atoms with van der Waals surface area (Å²) in [5, 5.41) is 0. The molecule has 0 radical (unpaired) electrons. The molecule has 0 saturated heterocycles. The molecule has 1 heterocycles. The van der Waals surface area contributed by atoms with Gasteiger partial charge in [-0.3, -0.25) is 14.2 Å². The number of ether oxygens (including phenoxy) is 1. The molecule has 172 valence electrons. The molecule has 4 rings (SSSR count). The van der Waals surface area contributed by atoms with Gasteiger partial charge in [0.2, 0.25) is 5.91 Å². The molecule has 0 bridgehead atoms. The number of imide groups is 1. The number of allylic oxidation sites excluding steroid dienone is 3. The normalized spacial score (nSPS) is 16.8. The van der Waals surface area contributed by atoms with Crippen LogP contribution in [-0.4, -0.2) is 33.9 Å². The van der Waals surface area contributed by atoms with Gasteiger partial charge in [-0.15, -0.1) is 0 Å². The topological polar surface area (TPSA) is 81.5 Å². The first kappa shape index (κ1) is 22.9. The fourth-order valence-corrected chi connectivity index (χ4v) is 3.81. The van der Waals surface area contributed by atoms with Gasteiger partial charge in [0.15, 0.2) is 11.5 Å². The number of nitrogens with zero attached hydrogens (tertiary/aromatic N) is 3. The van der Waals surface area contributed by atoms with Crippen LogP contribution in [-0.2, 0) is 9.53 Å².